The number of aliphatic hydroxyl groups is 1. The molecule has 1 amide bonds. The number of hydrogen-bond acceptors (Lipinski definition) is 8. The number of ether oxygens (including phenoxy) is 3. The van der Waals surface area contributed by atoms with Crippen molar-refractivity contribution in [2.75, 3.05) is 46.0 Å². The SMILES string of the molecule is CCOC(=O)c1c(CC(=O)NCC(O)CN2CCOCC2)[nH]c(C(=O)OC(C)(C)C)c1C. The van der Waals surface area contributed by atoms with Gasteiger partial charge in [0.25, 0.3) is 0 Å². The predicted octanol–water partition coefficient (Wildman–Crippen LogP) is 0.807. The molecule has 10 nitrogen and oxygen atoms in total. The summed E-state index contributed by atoms with van der Waals surface area (Å²) in [5, 5.41) is 12.9. The van der Waals surface area contributed by atoms with Crippen molar-refractivity contribution in [2.24, 2.45) is 0 Å². The first kappa shape index (κ1) is 25.8. The molecule has 1 atom stereocenters. The van der Waals surface area contributed by atoms with Gasteiger partial charge in [-0.05, 0) is 40.2 Å². The zero-order valence-electron chi connectivity index (χ0n) is 19.6. The molecule has 180 valence electrons. The molecular formula is C22H35N3O7. The third kappa shape index (κ3) is 7.61. The Bertz CT molecular complexity index is 807. The maximum atomic E-state index is 12.6. The monoisotopic (exact) mass is 453 g/mol. The van der Waals surface area contributed by atoms with Crippen LogP contribution >= 0.6 is 0 Å². The van der Waals surface area contributed by atoms with Crippen molar-refractivity contribution in [2.45, 2.75) is 52.7 Å². The van der Waals surface area contributed by atoms with E-state index in [1.807, 2.05) is 0 Å². The molecule has 1 aromatic heterocycles. The number of H-pyrrole nitrogens is 1. The molecule has 1 fully saturated rings. The number of nitrogens with one attached hydrogen (secondary N) is 2. The van der Waals surface area contributed by atoms with Crippen molar-refractivity contribution >= 4 is 17.8 Å². The number of aliphatic hydroxyl groups excluding tert-OH is 1. The molecule has 32 heavy (non-hydrogen) atoms. The second-order valence-electron chi connectivity index (χ2n) is 8.75. The molecule has 2 rings (SSSR count). The van der Waals surface area contributed by atoms with E-state index in [4.69, 9.17) is 14.2 Å². The van der Waals surface area contributed by atoms with E-state index in [1.165, 1.54) is 0 Å². The Labute approximate surface area is 188 Å². The van der Waals surface area contributed by atoms with Crippen LogP contribution in [0.1, 0.15) is 59.8 Å². The quantitative estimate of drug-likeness (QED) is 0.468. The highest BCUT2D eigenvalue weighted by Gasteiger charge is 2.29. The van der Waals surface area contributed by atoms with Crippen LogP contribution in [-0.4, -0.2) is 90.5 Å². The van der Waals surface area contributed by atoms with Crippen LogP contribution in [-0.2, 0) is 25.4 Å². The van der Waals surface area contributed by atoms with Gasteiger partial charge in [0.15, 0.2) is 0 Å². The van der Waals surface area contributed by atoms with Gasteiger partial charge in [0, 0.05) is 31.9 Å². The number of amides is 1. The number of carbonyl (C=O) groups excluding carboxylic acids is 3. The molecule has 1 aliphatic rings. The molecule has 0 aliphatic carbocycles. The molecule has 10 heteroatoms. The number of morpholine rings is 1. The van der Waals surface area contributed by atoms with Crippen LogP contribution in [0.3, 0.4) is 0 Å². The maximum absolute atomic E-state index is 12.6. The van der Waals surface area contributed by atoms with Crippen molar-refractivity contribution in [1.29, 1.82) is 0 Å². The van der Waals surface area contributed by atoms with Crippen molar-refractivity contribution in [3.63, 3.8) is 0 Å². The van der Waals surface area contributed by atoms with E-state index in [0.29, 0.717) is 25.3 Å². The van der Waals surface area contributed by atoms with Gasteiger partial charge in [-0.25, -0.2) is 9.59 Å². The second kappa shape index (κ2) is 11.4. The van der Waals surface area contributed by atoms with Gasteiger partial charge in [-0.15, -0.1) is 0 Å². The normalized spacial score (nSPS) is 15.8. The average Bonchev–Trinajstić information content (AvgIpc) is 3.02. The number of carbonyl (C=O) groups is 3. The molecule has 1 aliphatic heterocycles. The summed E-state index contributed by atoms with van der Waals surface area (Å²) >= 11 is 0. The molecule has 1 saturated heterocycles. The van der Waals surface area contributed by atoms with Gasteiger partial charge in [0.05, 0.1) is 37.9 Å². The smallest absolute Gasteiger partial charge is 0.355 e. The zero-order chi connectivity index (χ0) is 23.9. The van der Waals surface area contributed by atoms with E-state index < -0.39 is 29.6 Å². The lowest BCUT2D eigenvalue weighted by Gasteiger charge is -2.28. The first-order valence-electron chi connectivity index (χ1n) is 10.9. The standard InChI is InChI=1S/C22H35N3O7/c1-6-31-20(28)18-14(2)19(21(29)32-22(3,4)5)24-16(18)11-17(27)23-12-15(26)13-25-7-9-30-10-8-25/h15,24,26H,6-13H2,1-5H3,(H,23,27). The minimum absolute atomic E-state index is 0.0730. The number of rotatable bonds is 9. The van der Waals surface area contributed by atoms with Crippen LogP contribution in [0.5, 0.6) is 0 Å². The van der Waals surface area contributed by atoms with Crippen molar-refractivity contribution in [1.82, 2.24) is 15.2 Å². The summed E-state index contributed by atoms with van der Waals surface area (Å²) < 4.78 is 15.8. The van der Waals surface area contributed by atoms with Gasteiger partial charge in [-0.1, -0.05) is 0 Å². The Balaban J connectivity index is 2.07. The van der Waals surface area contributed by atoms with Crippen molar-refractivity contribution in [3.8, 4) is 0 Å². The number of aromatic nitrogens is 1. The van der Waals surface area contributed by atoms with E-state index in [1.54, 1.807) is 34.6 Å². The van der Waals surface area contributed by atoms with Gasteiger partial charge >= 0.3 is 11.9 Å². The Hall–Kier alpha value is -2.43. The maximum Gasteiger partial charge on any atom is 0.355 e. The largest absolute Gasteiger partial charge is 0.462 e. The molecule has 3 N–H and O–H groups in total. The third-order valence-corrected chi connectivity index (χ3v) is 4.86. The third-order valence-electron chi connectivity index (χ3n) is 4.86. The average molecular weight is 454 g/mol. The van der Waals surface area contributed by atoms with Crippen LogP contribution in [0, 0.1) is 6.92 Å². The Kier molecular flexibility index (Phi) is 9.23. The molecule has 1 aromatic rings. The summed E-state index contributed by atoms with van der Waals surface area (Å²) in [6, 6.07) is 0. The topological polar surface area (TPSA) is 130 Å². The number of esters is 2. The Morgan fingerprint density at radius 3 is 2.47 bits per heavy atom. The minimum Gasteiger partial charge on any atom is -0.462 e. The molecule has 0 radical (unpaired) electrons. The van der Waals surface area contributed by atoms with Gasteiger partial charge in [0.1, 0.15) is 11.3 Å². The van der Waals surface area contributed by atoms with Gasteiger partial charge in [-0.3, -0.25) is 9.69 Å². The fraction of sp³-hybridized carbons (Fsp3) is 0.682. The highest BCUT2D eigenvalue weighted by atomic mass is 16.6. The fourth-order valence-corrected chi connectivity index (χ4v) is 3.40. The summed E-state index contributed by atoms with van der Waals surface area (Å²) in [5.41, 5.74) is 0.178. The first-order valence-corrected chi connectivity index (χ1v) is 10.9. The molecule has 2 heterocycles. The lowest BCUT2D eigenvalue weighted by molar-refractivity contribution is -0.121. The van der Waals surface area contributed by atoms with E-state index >= 15 is 0 Å². The van der Waals surface area contributed by atoms with Crippen LogP contribution < -0.4 is 5.32 Å². The van der Waals surface area contributed by atoms with Crippen LogP contribution in [0.4, 0.5) is 0 Å². The molecular weight excluding hydrogens is 418 g/mol. The summed E-state index contributed by atoms with van der Waals surface area (Å²) in [6.45, 7) is 11.9. The number of aromatic amines is 1. The molecule has 0 saturated carbocycles. The summed E-state index contributed by atoms with van der Waals surface area (Å²) in [7, 11) is 0. The number of β-amino-alcohol motifs (C(OH)–C–C–N with tert-alkyl or cyclic N) is 1. The highest BCUT2D eigenvalue weighted by molar-refractivity contribution is 5.99. The highest BCUT2D eigenvalue weighted by Crippen LogP contribution is 2.23. The van der Waals surface area contributed by atoms with Gasteiger partial charge in [0.2, 0.25) is 5.91 Å². The number of nitrogens with zero attached hydrogens (tertiary/aromatic N) is 1. The van der Waals surface area contributed by atoms with Gasteiger partial charge in [-0.2, -0.15) is 0 Å². The zero-order valence-corrected chi connectivity index (χ0v) is 19.6. The van der Waals surface area contributed by atoms with E-state index in [-0.39, 0.29) is 36.5 Å². The molecule has 0 spiro atoms. The van der Waals surface area contributed by atoms with E-state index in [0.717, 1.165) is 13.1 Å². The second-order valence-corrected chi connectivity index (χ2v) is 8.75. The number of hydrogen-bond donors (Lipinski definition) is 3. The molecule has 1 unspecified atom stereocenters. The summed E-state index contributed by atoms with van der Waals surface area (Å²) in [4.78, 5) is 42.5. The molecule has 0 aromatic carbocycles. The fourth-order valence-electron chi connectivity index (χ4n) is 3.40. The van der Waals surface area contributed by atoms with E-state index in [9.17, 15) is 19.5 Å². The van der Waals surface area contributed by atoms with Crippen LogP contribution in [0.25, 0.3) is 0 Å². The Morgan fingerprint density at radius 1 is 1.22 bits per heavy atom. The lowest BCUT2D eigenvalue weighted by atomic mass is 10.1. The van der Waals surface area contributed by atoms with Crippen molar-refractivity contribution < 1.29 is 33.7 Å². The van der Waals surface area contributed by atoms with E-state index in [2.05, 4.69) is 15.2 Å². The minimum atomic E-state index is -0.732. The van der Waals surface area contributed by atoms with Gasteiger partial charge < -0.3 is 29.6 Å². The lowest BCUT2D eigenvalue weighted by Crippen LogP contribution is -2.44. The van der Waals surface area contributed by atoms with Crippen molar-refractivity contribution in [3.05, 3.63) is 22.5 Å². The predicted molar refractivity (Wildman–Crippen MR) is 117 cm³/mol. The summed E-state index contributed by atoms with van der Waals surface area (Å²) in [6.07, 6.45) is -0.911. The summed E-state index contributed by atoms with van der Waals surface area (Å²) in [5.74, 6) is -1.63. The Morgan fingerprint density at radius 2 is 1.88 bits per heavy atom. The molecule has 0 bridgehead atoms. The van der Waals surface area contributed by atoms with Crippen LogP contribution in [0.2, 0.25) is 0 Å². The van der Waals surface area contributed by atoms with Crippen LogP contribution in [0.15, 0.2) is 0 Å². The first-order chi connectivity index (χ1) is 15.0.